The number of carbonyl (C=O) groups excluding carboxylic acids is 2. The van der Waals surface area contributed by atoms with Crippen molar-refractivity contribution in [3.8, 4) is 10.6 Å². The van der Waals surface area contributed by atoms with Crippen LogP contribution in [0.1, 0.15) is 29.2 Å². The molecule has 0 fully saturated rings. The Labute approximate surface area is 166 Å². The second kappa shape index (κ2) is 8.92. The van der Waals surface area contributed by atoms with E-state index in [1.54, 1.807) is 12.1 Å². The number of hydrogen-bond donors (Lipinski definition) is 1. The molecule has 1 atom stereocenters. The number of rotatable bonds is 7. The molecule has 3 aromatic rings. The van der Waals surface area contributed by atoms with Gasteiger partial charge in [-0.2, -0.15) is 0 Å². The molecule has 1 unspecified atom stereocenters. The van der Waals surface area contributed by atoms with Gasteiger partial charge in [0.05, 0.1) is 10.6 Å². The number of thiazole rings is 1. The molecule has 0 radical (unpaired) electrons. The number of aromatic nitrogens is 1. The van der Waals surface area contributed by atoms with Crippen LogP contribution in [0.3, 0.4) is 0 Å². The fourth-order valence-corrected chi connectivity index (χ4v) is 3.88. The van der Waals surface area contributed by atoms with Gasteiger partial charge in [0.1, 0.15) is 17.7 Å². The summed E-state index contributed by atoms with van der Waals surface area (Å²) >= 11 is 2.84. The minimum Gasteiger partial charge on any atom is -0.458 e. The van der Waals surface area contributed by atoms with E-state index in [-0.39, 0.29) is 18.4 Å². The molecular weight excluding hydrogens is 380 g/mol. The highest BCUT2D eigenvalue weighted by Gasteiger charge is 2.26. The standard InChI is InChI=1S/C20H20N2O3S2/c1-13(2)17(22-18(23)16-9-6-10-26-16)20(24)25-11-15-12-27-19(21-15)14-7-4-3-5-8-14/h3-10,12-13,17H,11H2,1-2H3,(H,22,23). The molecule has 140 valence electrons. The van der Waals surface area contributed by atoms with Crippen LogP contribution in [0.5, 0.6) is 0 Å². The summed E-state index contributed by atoms with van der Waals surface area (Å²) in [6.07, 6.45) is 0. The van der Waals surface area contributed by atoms with Gasteiger partial charge in [0.15, 0.2) is 0 Å². The van der Waals surface area contributed by atoms with Crippen LogP contribution >= 0.6 is 22.7 Å². The minimum atomic E-state index is -0.702. The molecule has 5 nitrogen and oxygen atoms in total. The first-order valence-corrected chi connectivity index (χ1v) is 10.3. The van der Waals surface area contributed by atoms with E-state index in [0.29, 0.717) is 10.6 Å². The monoisotopic (exact) mass is 400 g/mol. The molecule has 7 heteroatoms. The highest BCUT2D eigenvalue weighted by Crippen LogP contribution is 2.23. The molecule has 0 bridgehead atoms. The van der Waals surface area contributed by atoms with E-state index in [9.17, 15) is 9.59 Å². The van der Waals surface area contributed by atoms with Crippen molar-refractivity contribution >= 4 is 34.6 Å². The lowest BCUT2D eigenvalue weighted by Gasteiger charge is -2.20. The zero-order valence-corrected chi connectivity index (χ0v) is 16.7. The first-order valence-electron chi connectivity index (χ1n) is 8.55. The number of ether oxygens (including phenoxy) is 1. The molecule has 1 N–H and O–H groups in total. The Bertz CT molecular complexity index is 889. The highest BCUT2D eigenvalue weighted by atomic mass is 32.1. The predicted molar refractivity (Wildman–Crippen MR) is 108 cm³/mol. The van der Waals surface area contributed by atoms with Gasteiger partial charge in [-0.15, -0.1) is 22.7 Å². The Kier molecular flexibility index (Phi) is 6.36. The number of nitrogens with zero attached hydrogens (tertiary/aromatic N) is 1. The molecule has 2 heterocycles. The molecule has 27 heavy (non-hydrogen) atoms. The van der Waals surface area contributed by atoms with Crippen LogP contribution in [-0.2, 0) is 16.1 Å². The van der Waals surface area contributed by atoms with Crippen molar-refractivity contribution in [2.75, 3.05) is 0 Å². The molecule has 0 saturated carbocycles. The van der Waals surface area contributed by atoms with Gasteiger partial charge in [-0.05, 0) is 17.4 Å². The lowest BCUT2D eigenvalue weighted by atomic mass is 10.0. The minimum absolute atomic E-state index is 0.0836. The Balaban J connectivity index is 1.60. The van der Waals surface area contributed by atoms with Crippen molar-refractivity contribution in [3.05, 3.63) is 63.8 Å². The van der Waals surface area contributed by atoms with E-state index >= 15 is 0 Å². The van der Waals surface area contributed by atoms with E-state index in [1.807, 2.05) is 54.9 Å². The van der Waals surface area contributed by atoms with Crippen LogP contribution < -0.4 is 5.32 Å². The molecule has 0 spiro atoms. The summed E-state index contributed by atoms with van der Waals surface area (Å²) in [5.74, 6) is -0.804. The maximum atomic E-state index is 12.5. The van der Waals surface area contributed by atoms with Crippen molar-refractivity contribution in [3.63, 3.8) is 0 Å². The summed E-state index contributed by atoms with van der Waals surface area (Å²) < 4.78 is 5.41. The first kappa shape index (κ1) is 19.3. The smallest absolute Gasteiger partial charge is 0.329 e. The van der Waals surface area contributed by atoms with Gasteiger partial charge >= 0.3 is 5.97 Å². The molecular formula is C20H20N2O3S2. The van der Waals surface area contributed by atoms with Crippen LogP contribution in [0.15, 0.2) is 53.2 Å². The molecule has 1 amide bonds. The Morgan fingerprint density at radius 3 is 2.56 bits per heavy atom. The van der Waals surface area contributed by atoms with Crippen molar-refractivity contribution in [2.45, 2.75) is 26.5 Å². The maximum Gasteiger partial charge on any atom is 0.329 e. The SMILES string of the molecule is CC(C)C(NC(=O)c1cccs1)C(=O)OCc1csc(-c2ccccc2)n1. The number of nitrogens with one attached hydrogen (secondary N) is 1. The molecule has 2 aromatic heterocycles. The number of amides is 1. The average molecular weight is 401 g/mol. The van der Waals surface area contributed by atoms with E-state index in [4.69, 9.17) is 4.74 Å². The van der Waals surface area contributed by atoms with Crippen LogP contribution in [0.4, 0.5) is 0 Å². The van der Waals surface area contributed by atoms with Gasteiger partial charge in [0, 0.05) is 10.9 Å². The molecule has 1 aromatic carbocycles. The molecule has 0 aliphatic carbocycles. The third-order valence-electron chi connectivity index (χ3n) is 3.89. The largest absolute Gasteiger partial charge is 0.458 e. The number of benzene rings is 1. The number of thiophene rings is 1. The number of carbonyl (C=O) groups is 2. The second-order valence-electron chi connectivity index (χ2n) is 6.29. The second-order valence-corrected chi connectivity index (χ2v) is 8.10. The topological polar surface area (TPSA) is 68.3 Å². The number of esters is 1. The summed E-state index contributed by atoms with van der Waals surface area (Å²) in [6.45, 7) is 3.83. The Morgan fingerprint density at radius 1 is 1.11 bits per heavy atom. The third-order valence-corrected chi connectivity index (χ3v) is 5.70. The molecule has 0 saturated heterocycles. The van der Waals surface area contributed by atoms with Crippen LogP contribution in [0, 0.1) is 5.92 Å². The zero-order valence-electron chi connectivity index (χ0n) is 15.0. The first-order chi connectivity index (χ1) is 13.0. The maximum absolute atomic E-state index is 12.5. The highest BCUT2D eigenvalue weighted by molar-refractivity contribution is 7.13. The van der Waals surface area contributed by atoms with Crippen LogP contribution in [-0.4, -0.2) is 22.9 Å². The quantitative estimate of drug-likeness (QED) is 0.598. The van der Waals surface area contributed by atoms with Crippen LogP contribution in [0.25, 0.3) is 10.6 Å². The van der Waals surface area contributed by atoms with Gasteiger partial charge in [-0.3, -0.25) is 4.79 Å². The Hall–Kier alpha value is -2.51. The fourth-order valence-electron chi connectivity index (χ4n) is 2.44. The predicted octanol–water partition coefficient (Wildman–Crippen LogP) is 4.37. The lowest BCUT2D eigenvalue weighted by Crippen LogP contribution is -2.45. The normalized spacial score (nSPS) is 12.0. The van der Waals surface area contributed by atoms with E-state index in [2.05, 4.69) is 10.3 Å². The molecule has 0 aliphatic heterocycles. The summed E-state index contributed by atoms with van der Waals surface area (Å²) in [4.78, 5) is 29.8. The summed E-state index contributed by atoms with van der Waals surface area (Å²) in [7, 11) is 0. The molecule has 3 rings (SSSR count). The zero-order chi connectivity index (χ0) is 19.2. The van der Waals surface area contributed by atoms with E-state index in [0.717, 1.165) is 10.6 Å². The van der Waals surface area contributed by atoms with Gasteiger partial charge < -0.3 is 10.1 Å². The van der Waals surface area contributed by atoms with Crippen molar-refractivity contribution < 1.29 is 14.3 Å². The molecule has 0 aliphatic rings. The van der Waals surface area contributed by atoms with Gasteiger partial charge in [-0.25, -0.2) is 9.78 Å². The van der Waals surface area contributed by atoms with Gasteiger partial charge in [0.25, 0.3) is 5.91 Å². The fraction of sp³-hybridized carbons (Fsp3) is 0.250. The van der Waals surface area contributed by atoms with Gasteiger partial charge in [-0.1, -0.05) is 50.2 Å². The van der Waals surface area contributed by atoms with E-state index in [1.165, 1.54) is 22.7 Å². The summed E-state index contributed by atoms with van der Waals surface area (Å²) in [5.41, 5.74) is 1.72. The number of hydrogen-bond acceptors (Lipinski definition) is 6. The van der Waals surface area contributed by atoms with Crippen molar-refractivity contribution in [1.29, 1.82) is 0 Å². The van der Waals surface area contributed by atoms with Crippen LogP contribution in [0.2, 0.25) is 0 Å². The third kappa shape index (κ3) is 5.02. The van der Waals surface area contributed by atoms with Crippen molar-refractivity contribution in [2.24, 2.45) is 5.92 Å². The average Bonchev–Trinajstić information content (AvgIpc) is 3.36. The van der Waals surface area contributed by atoms with Crippen molar-refractivity contribution in [1.82, 2.24) is 10.3 Å². The van der Waals surface area contributed by atoms with Gasteiger partial charge in [0.2, 0.25) is 0 Å². The Morgan fingerprint density at radius 2 is 1.89 bits per heavy atom. The lowest BCUT2D eigenvalue weighted by molar-refractivity contribution is -0.148. The summed E-state index contributed by atoms with van der Waals surface area (Å²) in [5, 5.41) is 7.35. The van der Waals surface area contributed by atoms with E-state index < -0.39 is 12.0 Å². The summed E-state index contributed by atoms with van der Waals surface area (Å²) in [6, 6.07) is 12.7.